The molecule has 0 bridgehead atoms. The highest BCUT2D eigenvalue weighted by Crippen LogP contribution is 2.34. The highest BCUT2D eigenvalue weighted by atomic mass is 16.6. The van der Waals surface area contributed by atoms with Gasteiger partial charge in [-0.25, -0.2) is 4.79 Å². The lowest BCUT2D eigenvalue weighted by molar-refractivity contribution is -0.176. The fourth-order valence-corrected chi connectivity index (χ4v) is 2.46. The average molecular weight is 284 g/mol. The minimum atomic E-state index is -0.548. The van der Waals surface area contributed by atoms with E-state index in [1.54, 1.807) is 0 Å². The third-order valence-corrected chi connectivity index (χ3v) is 4.50. The normalized spacial score (nSPS) is 18.4. The summed E-state index contributed by atoms with van der Waals surface area (Å²) in [6.45, 7) is 7.33. The van der Waals surface area contributed by atoms with Gasteiger partial charge in [-0.3, -0.25) is 4.79 Å². The van der Waals surface area contributed by atoms with Crippen LogP contribution in [-0.4, -0.2) is 24.1 Å². The zero-order valence-electron chi connectivity index (χ0n) is 13.3. The molecule has 4 heteroatoms. The lowest BCUT2D eigenvalue weighted by Gasteiger charge is -2.36. The Bertz CT molecular complexity index is 340. The summed E-state index contributed by atoms with van der Waals surface area (Å²) in [5.74, 6) is -0.764. The van der Waals surface area contributed by atoms with E-state index in [-0.39, 0.29) is 18.2 Å². The number of carbonyl (C=O) groups is 2. The van der Waals surface area contributed by atoms with Gasteiger partial charge >= 0.3 is 11.9 Å². The van der Waals surface area contributed by atoms with Crippen LogP contribution in [0.2, 0.25) is 0 Å². The molecule has 0 unspecified atom stereocenters. The number of ether oxygens (including phenoxy) is 2. The van der Waals surface area contributed by atoms with Gasteiger partial charge in [0.05, 0.1) is 5.41 Å². The topological polar surface area (TPSA) is 52.6 Å². The van der Waals surface area contributed by atoms with Crippen molar-refractivity contribution in [2.24, 2.45) is 5.41 Å². The molecule has 0 amide bonds. The third kappa shape index (κ3) is 4.50. The molecule has 1 saturated carbocycles. The Labute approximate surface area is 122 Å². The average Bonchev–Trinajstić information content (AvgIpc) is 2.45. The number of rotatable bonds is 6. The summed E-state index contributed by atoms with van der Waals surface area (Å²) in [6, 6.07) is 0. The molecule has 1 aliphatic carbocycles. The van der Waals surface area contributed by atoms with Crippen LogP contribution in [0.25, 0.3) is 0 Å². The van der Waals surface area contributed by atoms with Crippen LogP contribution < -0.4 is 0 Å². The van der Waals surface area contributed by atoms with Crippen molar-refractivity contribution in [3.63, 3.8) is 0 Å². The van der Waals surface area contributed by atoms with E-state index in [0.717, 1.165) is 32.1 Å². The van der Waals surface area contributed by atoms with E-state index in [1.807, 2.05) is 27.7 Å². The second-order valence-electron chi connectivity index (χ2n) is 6.38. The molecule has 116 valence electrons. The van der Waals surface area contributed by atoms with Crippen LogP contribution in [0.15, 0.2) is 0 Å². The van der Waals surface area contributed by atoms with Gasteiger partial charge in [-0.1, -0.05) is 20.3 Å². The molecule has 0 heterocycles. The molecule has 1 aliphatic rings. The number of esters is 2. The highest BCUT2D eigenvalue weighted by molar-refractivity contribution is 5.79. The zero-order chi connectivity index (χ0) is 15.2. The number of hydrogen-bond acceptors (Lipinski definition) is 4. The van der Waals surface area contributed by atoms with E-state index in [2.05, 4.69) is 0 Å². The minimum absolute atomic E-state index is 0.274. The van der Waals surface area contributed by atoms with Gasteiger partial charge in [0.2, 0.25) is 0 Å². The van der Waals surface area contributed by atoms with Crippen LogP contribution in [0, 0.1) is 5.41 Å². The first-order chi connectivity index (χ1) is 9.35. The van der Waals surface area contributed by atoms with Crippen molar-refractivity contribution < 1.29 is 19.1 Å². The quantitative estimate of drug-likeness (QED) is 0.699. The first-order valence-electron chi connectivity index (χ1n) is 7.74. The van der Waals surface area contributed by atoms with Gasteiger partial charge in [0.25, 0.3) is 0 Å². The third-order valence-electron chi connectivity index (χ3n) is 4.50. The summed E-state index contributed by atoms with van der Waals surface area (Å²) in [6.07, 6.45) is 6.76. The van der Waals surface area contributed by atoms with Gasteiger partial charge < -0.3 is 9.47 Å². The van der Waals surface area contributed by atoms with Gasteiger partial charge in [0.15, 0.2) is 6.61 Å². The van der Waals surface area contributed by atoms with Crippen molar-refractivity contribution in [1.82, 2.24) is 0 Å². The predicted octanol–water partition coefficient (Wildman–Crippen LogP) is 3.62. The minimum Gasteiger partial charge on any atom is -0.457 e. The molecule has 0 aliphatic heterocycles. The molecule has 0 radical (unpaired) electrons. The molecular weight excluding hydrogens is 256 g/mol. The molecule has 1 fully saturated rings. The van der Waals surface area contributed by atoms with Crippen LogP contribution in [0.3, 0.4) is 0 Å². The van der Waals surface area contributed by atoms with Gasteiger partial charge in [-0.05, 0) is 52.4 Å². The summed E-state index contributed by atoms with van der Waals surface area (Å²) in [5.41, 5.74) is -0.879. The molecular formula is C16H28O4. The fourth-order valence-electron chi connectivity index (χ4n) is 2.46. The van der Waals surface area contributed by atoms with E-state index in [9.17, 15) is 9.59 Å². The fraction of sp³-hybridized carbons (Fsp3) is 0.875. The lowest BCUT2D eigenvalue weighted by atomic mass is 9.83. The van der Waals surface area contributed by atoms with Gasteiger partial charge in [-0.15, -0.1) is 0 Å². The van der Waals surface area contributed by atoms with Gasteiger partial charge in [-0.2, -0.15) is 0 Å². The first kappa shape index (κ1) is 17.0. The predicted molar refractivity (Wildman–Crippen MR) is 77.2 cm³/mol. The van der Waals surface area contributed by atoms with Crippen LogP contribution in [0.5, 0.6) is 0 Å². The van der Waals surface area contributed by atoms with Crippen molar-refractivity contribution in [1.29, 1.82) is 0 Å². The molecule has 0 aromatic heterocycles. The molecule has 0 atom stereocenters. The van der Waals surface area contributed by atoms with E-state index >= 15 is 0 Å². The van der Waals surface area contributed by atoms with Crippen LogP contribution >= 0.6 is 0 Å². The van der Waals surface area contributed by atoms with Gasteiger partial charge in [0.1, 0.15) is 5.60 Å². The highest BCUT2D eigenvalue weighted by Gasteiger charge is 2.35. The Morgan fingerprint density at radius 1 is 1.10 bits per heavy atom. The second kappa shape index (κ2) is 7.09. The second-order valence-corrected chi connectivity index (χ2v) is 6.38. The Hall–Kier alpha value is -1.06. The summed E-state index contributed by atoms with van der Waals surface area (Å²) in [4.78, 5) is 23.7. The maximum absolute atomic E-state index is 11.9. The summed E-state index contributed by atoms with van der Waals surface area (Å²) in [7, 11) is 0. The van der Waals surface area contributed by atoms with Crippen molar-refractivity contribution in [3.8, 4) is 0 Å². The van der Waals surface area contributed by atoms with Crippen molar-refractivity contribution in [2.75, 3.05) is 6.61 Å². The van der Waals surface area contributed by atoms with Crippen LogP contribution in [0.1, 0.15) is 72.6 Å². The Balaban J connectivity index is 2.45. The standard InChI is InChI=1S/C16H28O4/c1-5-15(3,4)14(18)19-12-13(17)20-16(6-2)10-8-7-9-11-16/h5-12H2,1-4H3. The molecule has 20 heavy (non-hydrogen) atoms. The largest absolute Gasteiger partial charge is 0.457 e. The zero-order valence-corrected chi connectivity index (χ0v) is 13.3. The molecule has 0 N–H and O–H groups in total. The Morgan fingerprint density at radius 2 is 1.70 bits per heavy atom. The van der Waals surface area contributed by atoms with E-state index in [4.69, 9.17) is 9.47 Å². The summed E-state index contributed by atoms with van der Waals surface area (Å²) >= 11 is 0. The summed E-state index contributed by atoms with van der Waals surface area (Å²) < 4.78 is 10.7. The molecule has 1 rings (SSSR count). The van der Waals surface area contributed by atoms with Gasteiger partial charge in [0, 0.05) is 0 Å². The van der Waals surface area contributed by atoms with E-state index < -0.39 is 11.4 Å². The van der Waals surface area contributed by atoms with Crippen LogP contribution in [-0.2, 0) is 19.1 Å². The Morgan fingerprint density at radius 3 is 2.20 bits per heavy atom. The monoisotopic (exact) mass is 284 g/mol. The molecule has 0 aromatic rings. The van der Waals surface area contributed by atoms with E-state index in [0.29, 0.717) is 6.42 Å². The number of hydrogen-bond donors (Lipinski definition) is 0. The van der Waals surface area contributed by atoms with Crippen LogP contribution in [0.4, 0.5) is 0 Å². The van der Waals surface area contributed by atoms with Crippen molar-refractivity contribution >= 4 is 11.9 Å². The summed E-state index contributed by atoms with van der Waals surface area (Å²) in [5, 5.41) is 0. The SMILES string of the molecule is CCC1(OC(=O)COC(=O)C(C)(C)CC)CCCCC1. The molecule has 4 nitrogen and oxygen atoms in total. The van der Waals surface area contributed by atoms with Crippen molar-refractivity contribution in [2.45, 2.75) is 78.2 Å². The molecule has 0 saturated heterocycles. The van der Waals surface area contributed by atoms with E-state index in [1.165, 1.54) is 6.42 Å². The first-order valence-corrected chi connectivity index (χ1v) is 7.74. The Kier molecular flexibility index (Phi) is 6.03. The molecule has 0 spiro atoms. The van der Waals surface area contributed by atoms with Crippen molar-refractivity contribution in [3.05, 3.63) is 0 Å². The molecule has 0 aromatic carbocycles. The maximum atomic E-state index is 11.9. The lowest BCUT2D eigenvalue weighted by Crippen LogP contribution is -2.38. The maximum Gasteiger partial charge on any atom is 0.344 e. The smallest absolute Gasteiger partial charge is 0.344 e. The number of carbonyl (C=O) groups excluding carboxylic acids is 2.